The summed E-state index contributed by atoms with van der Waals surface area (Å²) in [7, 11) is 0. The van der Waals surface area contributed by atoms with Crippen molar-refractivity contribution in [3.05, 3.63) is 34.2 Å². The van der Waals surface area contributed by atoms with Gasteiger partial charge in [-0.1, -0.05) is 13.0 Å². The molecule has 0 saturated carbocycles. The van der Waals surface area contributed by atoms with Crippen molar-refractivity contribution in [2.45, 2.75) is 32.4 Å². The third kappa shape index (κ3) is 2.35. The van der Waals surface area contributed by atoms with E-state index in [0.717, 1.165) is 25.9 Å². The molecule has 1 fully saturated rings. The average molecular weight is 289 g/mol. The number of benzene rings is 1. The van der Waals surface area contributed by atoms with Gasteiger partial charge in [-0.15, -0.1) is 0 Å². The van der Waals surface area contributed by atoms with Crippen LogP contribution in [0.5, 0.6) is 0 Å². The minimum atomic E-state index is -1.02. The summed E-state index contributed by atoms with van der Waals surface area (Å²) in [6.07, 6.45) is 2.22. The average Bonchev–Trinajstić information content (AvgIpc) is 3.03. The number of likely N-dealkylation sites (tertiary alicyclic amines) is 1. The fraction of sp³-hybridized carbons (Fsp3) is 0.467. The van der Waals surface area contributed by atoms with Crippen LogP contribution >= 0.6 is 0 Å². The minimum Gasteiger partial charge on any atom is -0.478 e. The lowest BCUT2D eigenvalue weighted by molar-refractivity contribution is 0.0699. The summed E-state index contributed by atoms with van der Waals surface area (Å²) in [6.45, 7) is 4.77. The van der Waals surface area contributed by atoms with Gasteiger partial charge in [0.25, 0.3) is 0 Å². The molecule has 1 aromatic carbocycles. The number of nitrogens with zero attached hydrogens (tertiary/aromatic N) is 2. The number of nitrogens with one attached hydrogen (secondary N) is 1. The van der Waals surface area contributed by atoms with Crippen molar-refractivity contribution in [3.63, 3.8) is 0 Å². The van der Waals surface area contributed by atoms with Crippen LogP contribution in [0.3, 0.4) is 0 Å². The Morgan fingerprint density at radius 1 is 1.48 bits per heavy atom. The molecule has 2 aromatic rings. The Bertz CT molecular complexity index is 731. The number of hydrogen-bond acceptors (Lipinski definition) is 3. The van der Waals surface area contributed by atoms with Gasteiger partial charge in [-0.2, -0.15) is 0 Å². The van der Waals surface area contributed by atoms with Crippen molar-refractivity contribution >= 4 is 17.0 Å². The molecule has 1 saturated heterocycles. The summed E-state index contributed by atoms with van der Waals surface area (Å²) in [4.78, 5) is 28.5. The summed E-state index contributed by atoms with van der Waals surface area (Å²) in [6, 6.07) is 5.34. The van der Waals surface area contributed by atoms with E-state index in [4.69, 9.17) is 0 Å². The number of para-hydroxylation sites is 1. The standard InChI is InChI=1S/C15H19N3O3/c1-2-17-8-4-5-10(17)9-18-12-7-3-6-11(14(19)20)13(12)16-15(18)21/h3,6-7,10H,2,4-5,8-9H2,1H3,(H,16,21)(H,19,20). The molecule has 0 bridgehead atoms. The van der Waals surface area contributed by atoms with Crippen molar-refractivity contribution < 1.29 is 9.90 Å². The summed E-state index contributed by atoms with van der Waals surface area (Å²) in [5.74, 6) is -1.02. The van der Waals surface area contributed by atoms with Crippen LogP contribution in [0.25, 0.3) is 11.0 Å². The maximum Gasteiger partial charge on any atom is 0.337 e. The summed E-state index contributed by atoms with van der Waals surface area (Å²) in [5, 5.41) is 9.21. The van der Waals surface area contributed by atoms with Gasteiger partial charge in [-0.05, 0) is 38.1 Å². The van der Waals surface area contributed by atoms with Crippen LogP contribution in [0.1, 0.15) is 30.1 Å². The highest BCUT2D eigenvalue weighted by molar-refractivity contribution is 6.00. The number of H-pyrrole nitrogens is 1. The number of carbonyl (C=O) groups is 1. The molecule has 1 aliphatic rings. The zero-order chi connectivity index (χ0) is 15.0. The molecule has 0 radical (unpaired) electrons. The van der Waals surface area contributed by atoms with E-state index in [1.165, 1.54) is 6.07 Å². The van der Waals surface area contributed by atoms with E-state index in [9.17, 15) is 14.7 Å². The molecule has 6 heteroatoms. The molecular weight excluding hydrogens is 270 g/mol. The Morgan fingerprint density at radius 2 is 2.29 bits per heavy atom. The molecule has 1 aliphatic heterocycles. The second kappa shape index (κ2) is 5.37. The van der Waals surface area contributed by atoms with Crippen LogP contribution in [0.15, 0.2) is 23.0 Å². The van der Waals surface area contributed by atoms with E-state index in [2.05, 4.69) is 16.8 Å². The van der Waals surface area contributed by atoms with Crippen LogP contribution in [0.2, 0.25) is 0 Å². The maximum atomic E-state index is 12.2. The zero-order valence-electron chi connectivity index (χ0n) is 12.0. The molecular formula is C15H19N3O3. The van der Waals surface area contributed by atoms with E-state index in [-0.39, 0.29) is 11.3 Å². The Hall–Kier alpha value is -2.08. The first-order chi connectivity index (χ1) is 10.1. The number of hydrogen-bond donors (Lipinski definition) is 2. The van der Waals surface area contributed by atoms with Gasteiger partial charge in [0.15, 0.2) is 0 Å². The summed E-state index contributed by atoms with van der Waals surface area (Å²) >= 11 is 0. The van der Waals surface area contributed by atoms with Crippen LogP contribution in [0, 0.1) is 0 Å². The van der Waals surface area contributed by atoms with Crippen LogP contribution in [-0.4, -0.2) is 44.7 Å². The highest BCUT2D eigenvalue weighted by Gasteiger charge is 2.25. The van der Waals surface area contributed by atoms with Gasteiger partial charge in [0.1, 0.15) is 0 Å². The van der Waals surface area contributed by atoms with Gasteiger partial charge < -0.3 is 10.1 Å². The van der Waals surface area contributed by atoms with Crippen molar-refractivity contribution in [2.24, 2.45) is 0 Å². The predicted octanol–water partition coefficient (Wildman–Crippen LogP) is 1.51. The molecule has 2 heterocycles. The Labute approximate surface area is 122 Å². The zero-order valence-corrected chi connectivity index (χ0v) is 12.0. The number of aromatic amines is 1. The van der Waals surface area contributed by atoms with Crippen molar-refractivity contribution in [2.75, 3.05) is 13.1 Å². The molecule has 0 spiro atoms. The first kappa shape index (κ1) is 13.9. The normalized spacial score (nSPS) is 19.4. The van der Waals surface area contributed by atoms with Gasteiger partial charge in [0.2, 0.25) is 0 Å². The van der Waals surface area contributed by atoms with Gasteiger partial charge >= 0.3 is 11.7 Å². The molecule has 1 atom stereocenters. The third-order valence-electron chi connectivity index (χ3n) is 4.34. The van der Waals surface area contributed by atoms with Gasteiger partial charge in [0.05, 0.1) is 16.6 Å². The Balaban J connectivity index is 2.03. The van der Waals surface area contributed by atoms with Crippen LogP contribution in [-0.2, 0) is 6.54 Å². The summed E-state index contributed by atoms with van der Waals surface area (Å²) < 4.78 is 1.67. The smallest absolute Gasteiger partial charge is 0.337 e. The lowest BCUT2D eigenvalue weighted by atomic mass is 10.1. The second-order valence-electron chi connectivity index (χ2n) is 5.47. The largest absolute Gasteiger partial charge is 0.478 e. The number of rotatable bonds is 4. The SMILES string of the molecule is CCN1CCCC1Cn1c(=O)[nH]c2c(C(=O)O)cccc21. The molecule has 112 valence electrons. The number of carboxylic acid groups (broad SMARTS) is 1. The number of carboxylic acids is 1. The van der Waals surface area contributed by atoms with Crippen LogP contribution < -0.4 is 5.69 Å². The van der Waals surface area contributed by atoms with Crippen molar-refractivity contribution in [1.29, 1.82) is 0 Å². The highest BCUT2D eigenvalue weighted by Crippen LogP contribution is 2.21. The van der Waals surface area contributed by atoms with Crippen molar-refractivity contribution in [1.82, 2.24) is 14.5 Å². The van der Waals surface area contributed by atoms with E-state index in [1.54, 1.807) is 16.7 Å². The molecule has 0 aliphatic carbocycles. The molecule has 1 aromatic heterocycles. The number of aromatic nitrogens is 2. The molecule has 6 nitrogen and oxygen atoms in total. The molecule has 1 unspecified atom stereocenters. The van der Waals surface area contributed by atoms with E-state index in [1.807, 2.05) is 0 Å². The van der Waals surface area contributed by atoms with E-state index in [0.29, 0.717) is 23.6 Å². The quantitative estimate of drug-likeness (QED) is 0.894. The van der Waals surface area contributed by atoms with Gasteiger partial charge in [0, 0.05) is 12.6 Å². The van der Waals surface area contributed by atoms with E-state index >= 15 is 0 Å². The lowest BCUT2D eigenvalue weighted by Gasteiger charge is -2.22. The number of likely N-dealkylation sites (N-methyl/N-ethyl adjacent to an activating group) is 1. The van der Waals surface area contributed by atoms with Crippen molar-refractivity contribution in [3.8, 4) is 0 Å². The molecule has 3 rings (SSSR count). The Morgan fingerprint density at radius 3 is 3.00 bits per heavy atom. The molecule has 21 heavy (non-hydrogen) atoms. The minimum absolute atomic E-state index is 0.141. The molecule has 2 N–H and O–H groups in total. The fourth-order valence-electron chi connectivity index (χ4n) is 3.27. The first-order valence-electron chi connectivity index (χ1n) is 7.30. The monoisotopic (exact) mass is 289 g/mol. The number of imidazole rings is 1. The highest BCUT2D eigenvalue weighted by atomic mass is 16.4. The molecule has 0 amide bonds. The van der Waals surface area contributed by atoms with Gasteiger partial charge in [-0.25, -0.2) is 9.59 Å². The van der Waals surface area contributed by atoms with Crippen LogP contribution in [0.4, 0.5) is 0 Å². The number of fused-ring (bicyclic) bond motifs is 1. The maximum absolute atomic E-state index is 12.2. The summed E-state index contributed by atoms with van der Waals surface area (Å²) in [5.41, 5.74) is 0.989. The third-order valence-corrected chi connectivity index (χ3v) is 4.34. The predicted molar refractivity (Wildman–Crippen MR) is 79.8 cm³/mol. The topological polar surface area (TPSA) is 78.3 Å². The lowest BCUT2D eigenvalue weighted by Crippen LogP contribution is -2.35. The van der Waals surface area contributed by atoms with E-state index < -0.39 is 5.97 Å². The first-order valence-corrected chi connectivity index (χ1v) is 7.30. The second-order valence-corrected chi connectivity index (χ2v) is 5.47. The Kier molecular flexibility index (Phi) is 3.55. The number of aromatic carboxylic acids is 1. The fourth-order valence-corrected chi connectivity index (χ4v) is 3.27. The van der Waals surface area contributed by atoms with Gasteiger partial charge in [-0.3, -0.25) is 9.47 Å².